The van der Waals surface area contributed by atoms with E-state index in [1.807, 2.05) is 18.9 Å². The van der Waals surface area contributed by atoms with E-state index in [0.717, 1.165) is 23.2 Å². The summed E-state index contributed by atoms with van der Waals surface area (Å²) in [5.41, 5.74) is 0. The summed E-state index contributed by atoms with van der Waals surface area (Å²) in [7, 11) is 1.91. The lowest BCUT2D eigenvalue weighted by molar-refractivity contribution is -0.122. The maximum absolute atomic E-state index is 11.7. The Morgan fingerprint density at radius 2 is 2.16 bits per heavy atom. The molecule has 2 N–H and O–H groups in total. The van der Waals surface area contributed by atoms with Crippen LogP contribution in [0.3, 0.4) is 0 Å². The minimum Gasteiger partial charge on any atom is -0.360 e. The maximum atomic E-state index is 11.7. The molecule has 7 heteroatoms. The van der Waals surface area contributed by atoms with Crippen LogP contribution in [0, 0.1) is 5.92 Å². The molecule has 1 heterocycles. The first-order chi connectivity index (χ1) is 9.01. The zero-order valence-electron chi connectivity index (χ0n) is 12.1. The molecule has 1 rings (SSSR count). The number of carbonyl (C=O) groups excluding carboxylic acids is 1. The topological polar surface area (TPSA) is 70.2 Å². The van der Waals surface area contributed by atoms with E-state index < -0.39 is 0 Å². The van der Waals surface area contributed by atoms with Gasteiger partial charge in [0.1, 0.15) is 5.01 Å². The largest absolute Gasteiger partial charge is 0.360 e. The second-order valence-corrected chi connectivity index (χ2v) is 5.96. The van der Waals surface area contributed by atoms with Crippen LogP contribution in [0.15, 0.2) is 0 Å². The molecule has 1 aromatic heterocycles. The number of anilines is 1. The summed E-state index contributed by atoms with van der Waals surface area (Å²) in [4.78, 5) is 13.6. The average molecular weight is 285 g/mol. The van der Waals surface area contributed by atoms with Crippen molar-refractivity contribution in [3.05, 3.63) is 5.01 Å². The van der Waals surface area contributed by atoms with E-state index in [0.29, 0.717) is 19.0 Å². The van der Waals surface area contributed by atoms with Gasteiger partial charge < -0.3 is 10.6 Å². The zero-order valence-corrected chi connectivity index (χ0v) is 12.9. The van der Waals surface area contributed by atoms with E-state index in [4.69, 9.17) is 0 Å². The summed E-state index contributed by atoms with van der Waals surface area (Å²) in [6.45, 7) is 8.74. The van der Waals surface area contributed by atoms with Crippen molar-refractivity contribution in [2.45, 2.75) is 27.3 Å². The van der Waals surface area contributed by atoms with Crippen LogP contribution in [0.2, 0.25) is 0 Å². The lowest BCUT2D eigenvalue weighted by Crippen LogP contribution is -2.36. The maximum Gasteiger partial charge on any atom is 0.234 e. The Hall–Kier alpha value is -1.21. The molecular formula is C12H23N5OS. The highest BCUT2D eigenvalue weighted by molar-refractivity contribution is 7.15. The Kier molecular flexibility index (Phi) is 6.72. The highest BCUT2D eigenvalue weighted by Crippen LogP contribution is 2.15. The van der Waals surface area contributed by atoms with Gasteiger partial charge in [0.25, 0.3) is 0 Å². The Balaban J connectivity index is 2.33. The molecule has 0 saturated heterocycles. The lowest BCUT2D eigenvalue weighted by Gasteiger charge is -2.15. The van der Waals surface area contributed by atoms with Gasteiger partial charge in [-0.15, -0.1) is 10.2 Å². The summed E-state index contributed by atoms with van der Waals surface area (Å²) < 4.78 is 0. The van der Waals surface area contributed by atoms with Crippen LogP contribution in [-0.4, -0.2) is 47.7 Å². The van der Waals surface area contributed by atoms with Crippen molar-refractivity contribution in [1.29, 1.82) is 0 Å². The molecule has 0 aliphatic heterocycles. The van der Waals surface area contributed by atoms with Crippen molar-refractivity contribution >= 4 is 22.4 Å². The van der Waals surface area contributed by atoms with E-state index in [-0.39, 0.29) is 5.91 Å². The van der Waals surface area contributed by atoms with Gasteiger partial charge in [-0.3, -0.25) is 9.69 Å². The molecule has 0 aromatic carbocycles. The van der Waals surface area contributed by atoms with Crippen LogP contribution in [-0.2, 0) is 11.3 Å². The fraction of sp³-hybridized carbons (Fsp3) is 0.750. The van der Waals surface area contributed by atoms with Gasteiger partial charge in [0.2, 0.25) is 11.0 Å². The molecule has 1 amide bonds. The molecule has 0 radical (unpaired) electrons. The van der Waals surface area contributed by atoms with Crippen LogP contribution < -0.4 is 10.6 Å². The SMILES string of the molecule is CCNc1nnc(CN(C)CC(=O)NCC(C)C)s1. The van der Waals surface area contributed by atoms with E-state index >= 15 is 0 Å². The number of likely N-dealkylation sites (N-methyl/N-ethyl adjacent to an activating group) is 1. The molecule has 0 fully saturated rings. The summed E-state index contributed by atoms with van der Waals surface area (Å²) in [5, 5.41) is 15.9. The molecule has 6 nitrogen and oxygen atoms in total. The number of amides is 1. The molecule has 0 unspecified atom stereocenters. The van der Waals surface area contributed by atoms with Gasteiger partial charge in [-0.25, -0.2) is 0 Å². The second-order valence-electron chi connectivity index (χ2n) is 4.90. The summed E-state index contributed by atoms with van der Waals surface area (Å²) >= 11 is 1.52. The van der Waals surface area contributed by atoms with E-state index in [9.17, 15) is 4.79 Å². The van der Waals surface area contributed by atoms with Gasteiger partial charge in [-0.2, -0.15) is 0 Å². The monoisotopic (exact) mass is 285 g/mol. The van der Waals surface area contributed by atoms with Crippen molar-refractivity contribution in [3.8, 4) is 0 Å². The minimum absolute atomic E-state index is 0.0487. The van der Waals surface area contributed by atoms with Gasteiger partial charge in [0.15, 0.2) is 0 Å². The Morgan fingerprint density at radius 3 is 2.79 bits per heavy atom. The van der Waals surface area contributed by atoms with Crippen molar-refractivity contribution < 1.29 is 4.79 Å². The van der Waals surface area contributed by atoms with Gasteiger partial charge >= 0.3 is 0 Å². The van der Waals surface area contributed by atoms with Crippen LogP contribution >= 0.6 is 11.3 Å². The minimum atomic E-state index is 0.0487. The molecular weight excluding hydrogens is 262 g/mol. The van der Waals surface area contributed by atoms with Gasteiger partial charge in [-0.05, 0) is 19.9 Å². The lowest BCUT2D eigenvalue weighted by atomic mass is 10.2. The quantitative estimate of drug-likeness (QED) is 0.750. The molecule has 0 atom stereocenters. The summed E-state index contributed by atoms with van der Waals surface area (Å²) in [6, 6.07) is 0. The third-order valence-corrected chi connectivity index (χ3v) is 3.19. The molecule has 0 aliphatic carbocycles. The fourth-order valence-electron chi connectivity index (χ4n) is 1.45. The third kappa shape index (κ3) is 6.49. The molecule has 0 spiro atoms. The van der Waals surface area contributed by atoms with Crippen molar-refractivity contribution in [1.82, 2.24) is 20.4 Å². The average Bonchev–Trinajstić information content (AvgIpc) is 2.74. The predicted molar refractivity (Wildman–Crippen MR) is 78.3 cm³/mol. The first-order valence-electron chi connectivity index (χ1n) is 6.52. The molecule has 1 aromatic rings. The van der Waals surface area contributed by atoms with Crippen LogP contribution in [0.4, 0.5) is 5.13 Å². The normalized spacial score (nSPS) is 11.1. The number of nitrogens with one attached hydrogen (secondary N) is 2. The summed E-state index contributed by atoms with van der Waals surface area (Å²) in [5.74, 6) is 0.521. The van der Waals surface area contributed by atoms with E-state index in [1.165, 1.54) is 11.3 Å². The number of rotatable bonds is 8. The van der Waals surface area contributed by atoms with Gasteiger partial charge in [0, 0.05) is 13.1 Å². The van der Waals surface area contributed by atoms with Crippen molar-refractivity contribution in [3.63, 3.8) is 0 Å². The number of hydrogen-bond donors (Lipinski definition) is 2. The van der Waals surface area contributed by atoms with Gasteiger partial charge in [0.05, 0.1) is 13.1 Å². The molecule has 19 heavy (non-hydrogen) atoms. The highest BCUT2D eigenvalue weighted by atomic mass is 32.1. The molecule has 0 bridgehead atoms. The number of aromatic nitrogens is 2. The molecule has 108 valence electrons. The predicted octanol–water partition coefficient (Wildman–Crippen LogP) is 1.17. The standard InChI is InChI=1S/C12H23N5OS/c1-5-13-12-16-15-11(19-12)8-17(4)7-10(18)14-6-9(2)3/h9H,5-8H2,1-4H3,(H,13,16)(H,14,18). The van der Waals surface area contributed by atoms with Crippen LogP contribution in [0.1, 0.15) is 25.8 Å². The second kappa shape index (κ2) is 8.06. The number of carbonyl (C=O) groups is 1. The smallest absolute Gasteiger partial charge is 0.234 e. The van der Waals surface area contributed by atoms with Crippen LogP contribution in [0.5, 0.6) is 0 Å². The van der Waals surface area contributed by atoms with E-state index in [1.54, 1.807) is 0 Å². The molecule has 0 saturated carbocycles. The van der Waals surface area contributed by atoms with Crippen molar-refractivity contribution in [2.75, 3.05) is 32.0 Å². The fourth-order valence-corrected chi connectivity index (χ4v) is 2.33. The first-order valence-corrected chi connectivity index (χ1v) is 7.34. The third-order valence-electron chi connectivity index (χ3n) is 2.32. The van der Waals surface area contributed by atoms with E-state index in [2.05, 4.69) is 34.7 Å². The zero-order chi connectivity index (χ0) is 14.3. The Bertz CT molecular complexity index is 393. The highest BCUT2D eigenvalue weighted by Gasteiger charge is 2.10. The first kappa shape index (κ1) is 15.8. The molecule has 0 aliphatic rings. The van der Waals surface area contributed by atoms with Gasteiger partial charge in [-0.1, -0.05) is 25.2 Å². The van der Waals surface area contributed by atoms with Crippen LogP contribution in [0.25, 0.3) is 0 Å². The number of hydrogen-bond acceptors (Lipinski definition) is 6. The number of nitrogens with zero attached hydrogens (tertiary/aromatic N) is 3. The Labute approximate surface area is 118 Å². The van der Waals surface area contributed by atoms with Crippen molar-refractivity contribution in [2.24, 2.45) is 5.92 Å². The summed E-state index contributed by atoms with van der Waals surface area (Å²) in [6.07, 6.45) is 0. The Morgan fingerprint density at radius 1 is 1.42 bits per heavy atom.